The zero-order valence-electron chi connectivity index (χ0n) is 11.1. The maximum absolute atomic E-state index is 11.7. The van der Waals surface area contributed by atoms with Gasteiger partial charge in [0.05, 0.1) is 17.7 Å². The Bertz CT molecular complexity index is 724. The minimum absolute atomic E-state index is 0.194. The van der Waals surface area contributed by atoms with Crippen molar-refractivity contribution in [1.29, 1.82) is 0 Å². The molecule has 0 unspecified atom stereocenters. The van der Waals surface area contributed by atoms with E-state index in [9.17, 15) is 4.79 Å². The molecule has 106 valence electrons. The summed E-state index contributed by atoms with van der Waals surface area (Å²) in [4.78, 5) is 12.7. The summed E-state index contributed by atoms with van der Waals surface area (Å²) in [7, 11) is 0. The van der Waals surface area contributed by atoms with Gasteiger partial charge in [-0.25, -0.2) is 0 Å². The molecule has 0 radical (unpaired) electrons. The van der Waals surface area contributed by atoms with Crippen LogP contribution in [0.25, 0.3) is 16.7 Å². The molecule has 3 aromatic rings. The van der Waals surface area contributed by atoms with Gasteiger partial charge in [-0.2, -0.15) is 0 Å². The van der Waals surface area contributed by atoms with Crippen LogP contribution in [0.2, 0.25) is 0 Å². The monoisotopic (exact) mass is 299 g/mol. The predicted molar refractivity (Wildman–Crippen MR) is 81.6 cm³/mol. The fraction of sp³-hybridized carbons (Fsp3) is 0.0625. The van der Waals surface area contributed by atoms with Crippen molar-refractivity contribution in [2.45, 2.75) is 6.54 Å². The molecule has 1 amide bonds. The third kappa shape index (κ3) is 3.52. The fourth-order valence-corrected chi connectivity index (χ4v) is 2.49. The largest absolute Gasteiger partial charge is 0.465 e. The van der Waals surface area contributed by atoms with E-state index in [0.717, 1.165) is 16.4 Å². The van der Waals surface area contributed by atoms with Crippen LogP contribution in [0.4, 0.5) is 0 Å². The van der Waals surface area contributed by atoms with E-state index in [1.165, 1.54) is 6.08 Å². The van der Waals surface area contributed by atoms with Crippen LogP contribution in [-0.2, 0) is 11.3 Å². The van der Waals surface area contributed by atoms with Crippen LogP contribution in [0.15, 0.2) is 63.0 Å². The summed E-state index contributed by atoms with van der Waals surface area (Å²) in [6, 6.07) is 11.3. The minimum Gasteiger partial charge on any atom is -0.465 e. The van der Waals surface area contributed by atoms with Gasteiger partial charge in [0.2, 0.25) is 5.91 Å². The lowest BCUT2D eigenvalue weighted by molar-refractivity contribution is -0.116. The van der Waals surface area contributed by atoms with Gasteiger partial charge < -0.3 is 14.2 Å². The van der Waals surface area contributed by atoms with E-state index in [1.54, 1.807) is 35.8 Å². The lowest BCUT2D eigenvalue weighted by atomic mass is 10.3. The Hall–Kier alpha value is -2.53. The maximum atomic E-state index is 11.7. The molecule has 0 saturated carbocycles. The highest BCUT2D eigenvalue weighted by molar-refractivity contribution is 7.13. The van der Waals surface area contributed by atoms with Gasteiger partial charge in [-0.3, -0.25) is 4.79 Å². The van der Waals surface area contributed by atoms with E-state index in [4.69, 9.17) is 8.83 Å². The highest BCUT2D eigenvalue weighted by atomic mass is 32.1. The summed E-state index contributed by atoms with van der Waals surface area (Å²) >= 11 is 1.62. The average Bonchev–Trinajstić information content (AvgIpc) is 3.24. The number of thiophene rings is 1. The molecule has 0 aromatic carbocycles. The van der Waals surface area contributed by atoms with Crippen molar-refractivity contribution in [2.24, 2.45) is 0 Å². The van der Waals surface area contributed by atoms with Crippen molar-refractivity contribution in [2.75, 3.05) is 0 Å². The zero-order valence-corrected chi connectivity index (χ0v) is 11.9. The molecular weight excluding hydrogens is 286 g/mol. The van der Waals surface area contributed by atoms with Gasteiger partial charge in [0.1, 0.15) is 17.3 Å². The standard InChI is InChI=1S/C16H13NO3S/c18-16(8-6-12-3-1-9-19-12)17-11-13-5-7-14(20-13)15-4-2-10-21-15/h1-10H,11H2,(H,17,18)/b8-6+. The van der Waals surface area contributed by atoms with Crippen molar-refractivity contribution >= 4 is 23.3 Å². The van der Waals surface area contributed by atoms with E-state index < -0.39 is 0 Å². The molecule has 0 atom stereocenters. The molecule has 3 rings (SSSR count). The molecule has 5 heteroatoms. The number of nitrogens with one attached hydrogen (secondary N) is 1. The normalized spacial score (nSPS) is 11.0. The number of hydrogen-bond acceptors (Lipinski definition) is 4. The summed E-state index contributed by atoms with van der Waals surface area (Å²) in [5, 5.41) is 4.76. The quantitative estimate of drug-likeness (QED) is 0.726. The molecule has 0 spiro atoms. The molecule has 0 bridgehead atoms. The van der Waals surface area contributed by atoms with Gasteiger partial charge >= 0.3 is 0 Å². The Kier molecular flexibility index (Phi) is 4.02. The first kappa shape index (κ1) is 13.5. The highest BCUT2D eigenvalue weighted by Gasteiger charge is 2.06. The summed E-state index contributed by atoms with van der Waals surface area (Å²) in [5.74, 6) is 1.99. The van der Waals surface area contributed by atoms with Crippen LogP contribution in [0.5, 0.6) is 0 Å². The number of carbonyl (C=O) groups is 1. The molecule has 21 heavy (non-hydrogen) atoms. The van der Waals surface area contributed by atoms with Crippen LogP contribution in [-0.4, -0.2) is 5.91 Å². The summed E-state index contributed by atoms with van der Waals surface area (Å²) in [5.41, 5.74) is 0. The van der Waals surface area contributed by atoms with Crippen LogP contribution in [0.3, 0.4) is 0 Å². The molecule has 0 saturated heterocycles. The summed E-state index contributed by atoms with van der Waals surface area (Å²) in [6.45, 7) is 0.354. The second kappa shape index (κ2) is 6.28. The van der Waals surface area contributed by atoms with Gasteiger partial charge in [0.25, 0.3) is 0 Å². The van der Waals surface area contributed by atoms with E-state index in [0.29, 0.717) is 12.3 Å². The first-order valence-electron chi connectivity index (χ1n) is 6.43. The third-order valence-corrected chi connectivity index (χ3v) is 3.69. The molecule has 4 nitrogen and oxygen atoms in total. The Morgan fingerprint density at radius 3 is 2.95 bits per heavy atom. The highest BCUT2D eigenvalue weighted by Crippen LogP contribution is 2.26. The van der Waals surface area contributed by atoms with Crippen LogP contribution in [0.1, 0.15) is 11.5 Å². The lowest BCUT2D eigenvalue weighted by Crippen LogP contribution is -2.19. The smallest absolute Gasteiger partial charge is 0.244 e. The minimum atomic E-state index is -0.194. The molecule has 1 N–H and O–H groups in total. The van der Waals surface area contributed by atoms with E-state index in [-0.39, 0.29) is 5.91 Å². The molecule has 0 aliphatic rings. The molecule has 0 aliphatic heterocycles. The fourth-order valence-electron chi connectivity index (χ4n) is 1.80. The summed E-state index contributed by atoms with van der Waals surface area (Å²) < 4.78 is 10.8. The average molecular weight is 299 g/mol. The van der Waals surface area contributed by atoms with Crippen molar-refractivity contribution in [1.82, 2.24) is 5.32 Å². The molecule has 0 fully saturated rings. The second-order valence-electron chi connectivity index (χ2n) is 4.31. The first-order chi connectivity index (χ1) is 10.3. The molecule has 3 aromatic heterocycles. The van der Waals surface area contributed by atoms with Gasteiger partial charge in [-0.15, -0.1) is 11.3 Å². The van der Waals surface area contributed by atoms with E-state index in [1.807, 2.05) is 29.6 Å². The Labute approximate surface area is 125 Å². The van der Waals surface area contributed by atoms with E-state index >= 15 is 0 Å². The third-order valence-electron chi connectivity index (χ3n) is 2.80. The van der Waals surface area contributed by atoms with Crippen LogP contribution < -0.4 is 5.32 Å². The second-order valence-corrected chi connectivity index (χ2v) is 5.26. The number of furan rings is 2. The van der Waals surface area contributed by atoms with Gasteiger partial charge in [-0.1, -0.05) is 6.07 Å². The number of rotatable bonds is 5. The van der Waals surface area contributed by atoms with Crippen molar-refractivity contribution in [3.8, 4) is 10.6 Å². The number of carbonyl (C=O) groups excluding carboxylic acids is 1. The van der Waals surface area contributed by atoms with Crippen molar-refractivity contribution < 1.29 is 13.6 Å². The van der Waals surface area contributed by atoms with Crippen molar-refractivity contribution in [3.05, 3.63) is 65.6 Å². The summed E-state index contributed by atoms with van der Waals surface area (Å²) in [6.07, 6.45) is 4.61. The maximum Gasteiger partial charge on any atom is 0.244 e. The van der Waals surface area contributed by atoms with Crippen LogP contribution >= 0.6 is 11.3 Å². The Morgan fingerprint density at radius 1 is 1.24 bits per heavy atom. The zero-order chi connectivity index (χ0) is 14.5. The SMILES string of the molecule is O=C(/C=C/c1ccco1)NCc1ccc(-c2cccs2)o1. The van der Waals surface area contributed by atoms with E-state index in [2.05, 4.69) is 5.32 Å². The molecule has 0 aliphatic carbocycles. The first-order valence-corrected chi connectivity index (χ1v) is 7.31. The predicted octanol–water partition coefficient (Wildman–Crippen LogP) is 3.93. The molecule has 3 heterocycles. The van der Waals surface area contributed by atoms with Crippen molar-refractivity contribution in [3.63, 3.8) is 0 Å². The van der Waals surface area contributed by atoms with Crippen LogP contribution in [0, 0.1) is 0 Å². The number of hydrogen-bond donors (Lipinski definition) is 1. The molecular formula is C16H13NO3S. The van der Waals surface area contributed by atoms with Gasteiger partial charge in [0, 0.05) is 6.08 Å². The topological polar surface area (TPSA) is 55.4 Å². The Balaban J connectivity index is 1.54. The van der Waals surface area contributed by atoms with Gasteiger partial charge in [0.15, 0.2) is 0 Å². The Morgan fingerprint density at radius 2 is 2.19 bits per heavy atom. The lowest BCUT2D eigenvalue weighted by Gasteiger charge is -1.98. The number of amides is 1. The van der Waals surface area contributed by atoms with Gasteiger partial charge in [-0.05, 0) is 41.8 Å².